The smallest absolute Gasteiger partial charge is 0.296 e. The molecule has 0 unspecified atom stereocenters. The Labute approximate surface area is 291 Å². The summed E-state index contributed by atoms with van der Waals surface area (Å²) >= 11 is 6.03. The Kier molecular flexibility index (Phi) is 8.75. The Bertz CT molecular complexity index is 2840. The van der Waals surface area contributed by atoms with Crippen molar-refractivity contribution in [3.63, 3.8) is 0 Å². The predicted octanol–water partition coefficient (Wildman–Crippen LogP) is 2.01. The number of nitrogens with two attached hydrogens (primary N) is 1. The van der Waals surface area contributed by atoms with Crippen LogP contribution in [0.3, 0.4) is 0 Å². The highest BCUT2D eigenvalue weighted by atomic mass is 35.5. The van der Waals surface area contributed by atoms with Gasteiger partial charge in [0.2, 0.25) is 16.5 Å². The van der Waals surface area contributed by atoms with Gasteiger partial charge in [-0.2, -0.15) is 13.4 Å². The zero-order valence-electron chi connectivity index (χ0n) is 25.0. The Morgan fingerprint density at radius 2 is 1.33 bits per heavy atom. The first-order valence-electron chi connectivity index (χ1n) is 13.8. The fourth-order valence-corrected chi connectivity index (χ4v) is 7.21. The SMILES string of the molecule is Nc1c(S(=O)(=O)O)cc(Nc2ccc(N=c3[nH]c(Cl)nc(=Nc4ccccc4S(=O)(=O)[O-])[nH]3)c(S(=O)(=O)[O-])c2)c2c1C(=O)c1ccccc1C2=O. The molecule has 51 heavy (non-hydrogen) atoms. The van der Waals surface area contributed by atoms with E-state index in [4.69, 9.17) is 17.3 Å². The third kappa shape index (κ3) is 6.94. The molecule has 0 fully saturated rings. The molecular formula is C29H18ClN7O11S3-2. The molecule has 0 aliphatic heterocycles. The van der Waals surface area contributed by atoms with Crippen LogP contribution < -0.4 is 22.3 Å². The van der Waals surface area contributed by atoms with Crippen LogP contribution in [0.5, 0.6) is 0 Å². The first-order valence-corrected chi connectivity index (χ1v) is 18.5. The normalized spacial score (nSPS) is 14.0. The largest absolute Gasteiger partial charge is 0.744 e. The number of halogens is 1. The highest BCUT2D eigenvalue weighted by Crippen LogP contribution is 2.40. The molecule has 5 aromatic rings. The van der Waals surface area contributed by atoms with Crippen molar-refractivity contribution < 1.29 is 48.5 Å². The van der Waals surface area contributed by atoms with Gasteiger partial charge in [0, 0.05) is 16.8 Å². The third-order valence-electron chi connectivity index (χ3n) is 7.24. The minimum absolute atomic E-state index is 0.0400. The molecule has 0 saturated heterocycles. The second kappa shape index (κ2) is 12.6. The van der Waals surface area contributed by atoms with Crippen molar-refractivity contribution in [3.8, 4) is 0 Å². The first kappa shape index (κ1) is 35.3. The van der Waals surface area contributed by atoms with Crippen LogP contribution in [0.1, 0.15) is 31.8 Å². The maximum absolute atomic E-state index is 13.6. The molecular weight excluding hydrogens is 754 g/mol. The van der Waals surface area contributed by atoms with Crippen molar-refractivity contribution >= 4 is 82.0 Å². The average Bonchev–Trinajstić information content (AvgIpc) is 3.03. The van der Waals surface area contributed by atoms with Gasteiger partial charge in [0.15, 0.2) is 11.6 Å². The van der Waals surface area contributed by atoms with Crippen LogP contribution in [0.15, 0.2) is 97.5 Å². The number of H-pyrrole nitrogens is 2. The molecule has 6 rings (SSSR count). The quantitative estimate of drug-likeness (QED) is 0.115. The number of nitrogens with one attached hydrogen (secondary N) is 3. The van der Waals surface area contributed by atoms with Crippen molar-refractivity contribution in [1.82, 2.24) is 15.0 Å². The Balaban J connectivity index is 1.49. The lowest BCUT2D eigenvalue weighted by atomic mass is 9.82. The van der Waals surface area contributed by atoms with Crippen LogP contribution in [-0.2, 0) is 30.4 Å². The summed E-state index contributed by atoms with van der Waals surface area (Å²) in [7, 11) is -15.4. The Hall–Kier alpha value is -5.55. The molecule has 4 aromatic carbocycles. The van der Waals surface area contributed by atoms with Gasteiger partial charge in [-0.25, -0.2) is 26.8 Å². The van der Waals surface area contributed by atoms with E-state index in [0.717, 1.165) is 24.3 Å². The second-order valence-electron chi connectivity index (χ2n) is 10.5. The van der Waals surface area contributed by atoms with Crippen molar-refractivity contribution in [3.05, 3.63) is 112 Å². The number of carbonyl (C=O) groups is 2. The van der Waals surface area contributed by atoms with Crippen molar-refractivity contribution in [2.75, 3.05) is 11.1 Å². The third-order valence-corrected chi connectivity index (χ3v) is 10.1. The van der Waals surface area contributed by atoms with Gasteiger partial charge >= 0.3 is 0 Å². The van der Waals surface area contributed by atoms with Crippen molar-refractivity contribution in [1.29, 1.82) is 0 Å². The molecule has 18 nitrogen and oxygen atoms in total. The molecule has 1 aliphatic carbocycles. The highest BCUT2D eigenvalue weighted by Gasteiger charge is 2.36. The number of carbonyl (C=O) groups excluding carboxylic acids is 2. The molecule has 0 radical (unpaired) electrons. The van der Waals surface area contributed by atoms with Gasteiger partial charge in [0.05, 0.1) is 43.7 Å². The van der Waals surface area contributed by atoms with Gasteiger partial charge in [0.25, 0.3) is 10.1 Å². The van der Waals surface area contributed by atoms with Crippen LogP contribution in [0.25, 0.3) is 0 Å². The summed E-state index contributed by atoms with van der Waals surface area (Å²) in [6.45, 7) is 0. The van der Waals surface area contributed by atoms with E-state index in [1.165, 1.54) is 48.5 Å². The number of nitrogens with zero attached hydrogens (tertiary/aromatic N) is 3. The number of para-hydroxylation sites is 1. The minimum Gasteiger partial charge on any atom is -0.744 e. The topological polar surface area (TPSA) is 310 Å². The van der Waals surface area contributed by atoms with Crippen molar-refractivity contribution in [2.45, 2.75) is 14.7 Å². The number of aromatic amines is 2. The molecule has 1 aliphatic rings. The molecule has 0 spiro atoms. The van der Waals surface area contributed by atoms with E-state index in [1.54, 1.807) is 0 Å². The number of benzene rings is 4. The molecule has 1 aromatic heterocycles. The molecule has 6 N–H and O–H groups in total. The predicted molar refractivity (Wildman–Crippen MR) is 174 cm³/mol. The number of hydrogen-bond acceptors (Lipinski definition) is 15. The van der Waals surface area contributed by atoms with Gasteiger partial charge in [-0.3, -0.25) is 19.1 Å². The minimum atomic E-state index is -5.34. The van der Waals surface area contributed by atoms with Gasteiger partial charge < -0.3 is 25.1 Å². The van der Waals surface area contributed by atoms with Crippen LogP contribution >= 0.6 is 11.6 Å². The van der Waals surface area contributed by atoms with Crippen LogP contribution in [0, 0.1) is 0 Å². The molecule has 1 heterocycles. The molecule has 262 valence electrons. The lowest BCUT2D eigenvalue weighted by Crippen LogP contribution is -2.27. The summed E-state index contributed by atoms with van der Waals surface area (Å²) < 4.78 is 107. The molecule has 0 bridgehead atoms. The van der Waals surface area contributed by atoms with Gasteiger partial charge in [-0.05, 0) is 48.0 Å². The fraction of sp³-hybridized carbons (Fsp3) is 0. The summed E-state index contributed by atoms with van der Waals surface area (Å²) in [4.78, 5) is 41.3. The van der Waals surface area contributed by atoms with Crippen LogP contribution in [-0.4, -0.2) is 65.4 Å². The summed E-state index contributed by atoms with van der Waals surface area (Å²) in [5.74, 6) is -1.58. The molecule has 0 atom stereocenters. The highest BCUT2D eigenvalue weighted by molar-refractivity contribution is 7.86. The maximum Gasteiger partial charge on any atom is 0.296 e. The van der Waals surface area contributed by atoms with E-state index in [1.807, 2.05) is 0 Å². The zero-order chi connectivity index (χ0) is 37.0. The zero-order valence-corrected chi connectivity index (χ0v) is 28.2. The average molecular weight is 772 g/mol. The van der Waals surface area contributed by atoms with Gasteiger partial charge in [-0.15, -0.1) is 0 Å². The van der Waals surface area contributed by atoms with Gasteiger partial charge in [-0.1, -0.05) is 36.4 Å². The Morgan fingerprint density at radius 1 is 0.745 bits per heavy atom. The summed E-state index contributed by atoms with van der Waals surface area (Å²) in [6.07, 6.45) is 0. The van der Waals surface area contributed by atoms with Gasteiger partial charge in [0.1, 0.15) is 25.1 Å². The van der Waals surface area contributed by atoms with Crippen molar-refractivity contribution in [2.24, 2.45) is 9.98 Å². The molecule has 22 heteroatoms. The maximum atomic E-state index is 13.6. The second-order valence-corrected chi connectivity index (χ2v) is 14.9. The van der Waals surface area contributed by atoms with Crippen LogP contribution in [0.4, 0.5) is 28.4 Å². The number of anilines is 3. The molecule has 0 amide bonds. The lowest BCUT2D eigenvalue weighted by Gasteiger charge is -2.24. The fourth-order valence-electron chi connectivity index (χ4n) is 5.13. The monoisotopic (exact) mass is 771 g/mol. The van der Waals surface area contributed by atoms with E-state index in [9.17, 15) is 48.5 Å². The number of nitrogen functional groups attached to an aromatic ring is 1. The van der Waals surface area contributed by atoms with Crippen LogP contribution in [0.2, 0.25) is 5.28 Å². The van der Waals surface area contributed by atoms with E-state index in [2.05, 4.69) is 30.3 Å². The van der Waals surface area contributed by atoms with E-state index >= 15 is 0 Å². The van der Waals surface area contributed by atoms with E-state index in [0.29, 0.717) is 0 Å². The van der Waals surface area contributed by atoms with E-state index < -0.39 is 73.5 Å². The lowest BCUT2D eigenvalue weighted by molar-refractivity contribution is 0.0980. The molecule has 0 saturated carbocycles. The van der Waals surface area contributed by atoms with E-state index in [-0.39, 0.29) is 50.3 Å². The number of hydrogen-bond donors (Lipinski definition) is 5. The summed E-state index contributed by atoms with van der Waals surface area (Å²) in [5, 5.41) is 2.25. The summed E-state index contributed by atoms with van der Waals surface area (Å²) in [6, 6.07) is 14.3. The summed E-state index contributed by atoms with van der Waals surface area (Å²) in [5.41, 5.74) is 2.11. The number of fused-ring (bicyclic) bond motifs is 2. The Morgan fingerprint density at radius 3 is 1.96 bits per heavy atom. The number of aromatic nitrogens is 3. The number of ketones is 2. The standard InChI is InChI=1S/C29H20ClN7O11S3/c30-27-35-28(33-16-7-3-4-8-19(16)49(40,41)42)37-29(36-27)34-17-10-9-13(11-20(17)50(43,44)45)32-18-12-21(51(46,47)48)24(31)23-22(18)25(38)14-5-1-2-6-15(14)26(23)39/h1-12,32H,31H2,(H,40,41,42)(H,43,44,45)(H,46,47,48)(H2,33,34,35,36,37)/p-2. The number of rotatable bonds is 7. The first-order chi connectivity index (χ1) is 23.8.